The second-order valence-electron chi connectivity index (χ2n) is 28.1. The average molecular weight is 1060 g/mol. The lowest BCUT2D eigenvalue weighted by atomic mass is 10.1. The summed E-state index contributed by atoms with van der Waals surface area (Å²) >= 11 is 0. The molecule has 6 rings (SSSR count). The Labute approximate surface area is 473 Å². The topological polar surface area (TPSA) is 0 Å². The van der Waals surface area contributed by atoms with Gasteiger partial charge in [-0.25, -0.2) is 0 Å². The summed E-state index contributed by atoms with van der Waals surface area (Å²) in [5.74, 6) is 0. The molecule has 0 radical (unpaired) electrons. The molecule has 0 aromatic rings. The van der Waals surface area contributed by atoms with Crippen LogP contribution in [-0.2, 0) is 0 Å². The highest BCUT2D eigenvalue weighted by Gasteiger charge is 2.36. The highest BCUT2D eigenvalue weighted by atomic mass is 15.4. The molecule has 0 aromatic heterocycles. The maximum Gasteiger partial charge on any atom is 0.0788 e. The molecular formula is C69H144N6+6. The molecule has 0 atom stereocenters. The van der Waals surface area contributed by atoms with Crippen molar-refractivity contribution >= 4 is 0 Å². The van der Waals surface area contributed by atoms with E-state index in [9.17, 15) is 0 Å². The molecule has 0 amide bonds. The van der Waals surface area contributed by atoms with Crippen LogP contribution < -0.4 is 0 Å². The fourth-order valence-electron chi connectivity index (χ4n) is 16.8. The zero-order valence-corrected chi connectivity index (χ0v) is 53.2. The molecule has 6 aliphatic heterocycles. The first kappa shape index (κ1) is 67.3. The van der Waals surface area contributed by atoms with Crippen LogP contribution >= 0.6 is 0 Å². The lowest BCUT2D eigenvalue weighted by Crippen LogP contribution is -2.48. The summed E-state index contributed by atoms with van der Waals surface area (Å²) in [6.07, 6.45) is 57.0. The first-order valence-corrected chi connectivity index (χ1v) is 35.8. The van der Waals surface area contributed by atoms with E-state index in [1.807, 2.05) is 0 Å². The second kappa shape index (κ2) is 40.0. The molecule has 75 heavy (non-hydrogen) atoms. The van der Waals surface area contributed by atoms with Crippen LogP contribution in [0.15, 0.2) is 0 Å². The van der Waals surface area contributed by atoms with Crippen LogP contribution in [0.3, 0.4) is 0 Å². The van der Waals surface area contributed by atoms with Crippen molar-refractivity contribution in [2.24, 2.45) is 0 Å². The lowest BCUT2D eigenvalue weighted by Gasteiger charge is -2.37. The predicted molar refractivity (Wildman–Crippen MR) is 332 cm³/mol. The normalized spacial score (nSPS) is 21.8. The van der Waals surface area contributed by atoms with E-state index in [0.717, 1.165) is 0 Å². The minimum Gasteiger partial charge on any atom is -0.324 e. The van der Waals surface area contributed by atoms with Gasteiger partial charge in [0.25, 0.3) is 0 Å². The summed E-state index contributed by atoms with van der Waals surface area (Å²) < 4.78 is 8.90. The van der Waals surface area contributed by atoms with E-state index in [1.165, 1.54) is 434 Å². The minimum absolute atomic E-state index is 1.37. The molecule has 0 bridgehead atoms. The van der Waals surface area contributed by atoms with E-state index >= 15 is 0 Å². The highest BCUT2D eigenvalue weighted by Crippen LogP contribution is 2.29. The quantitative estimate of drug-likeness (QED) is 0.0422. The monoisotopic (exact) mass is 1060 g/mol. The first-order valence-electron chi connectivity index (χ1n) is 35.8. The summed E-state index contributed by atoms with van der Waals surface area (Å²) in [6, 6.07) is 0. The van der Waals surface area contributed by atoms with E-state index in [1.54, 1.807) is 0 Å². The van der Waals surface area contributed by atoms with Gasteiger partial charge in [-0.15, -0.1) is 0 Å². The van der Waals surface area contributed by atoms with Gasteiger partial charge in [0.1, 0.15) is 0 Å². The van der Waals surface area contributed by atoms with Gasteiger partial charge in [-0.3, -0.25) is 0 Å². The first-order chi connectivity index (χ1) is 36.7. The second-order valence-corrected chi connectivity index (χ2v) is 28.1. The zero-order chi connectivity index (χ0) is 53.5. The van der Waals surface area contributed by atoms with Gasteiger partial charge < -0.3 is 26.9 Å². The van der Waals surface area contributed by atoms with Crippen molar-refractivity contribution in [3.8, 4) is 0 Å². The van der Waals surface area contributed by atoms with Crippen molar-refractivity contribution in [2.45, 2.75) is 292 Å². The molecule has 6 fully saturated rings. The molecule has 6 saturated heterocycles. The van der Waals surface area contributed by atoms with Crippen LogP contribution in [0, 0.1) is 0 Å². The molecular weight excluding hydrogens is 913 g/mol. The Kier molecular flexibility index (Phi) is 35.9. The fraction of sp³-hybridized carbons (Fsp3) is 1.00. The maximum atomic E-state index is 2.34. The van der Waals surface area contributed by atoms with Gasteiger partial charge in [0, 0.05) is 89.9 Å². The number of rotatable bonds is 42. The third kappa shape index (κ3) is 26.5. The molecule has 6 nitrogen and oxygen atoms in total. The Balaban J connectivity index is 0.000000244. The van der Waals surface area contributed by atoms with Crippen molar-refractivity contribution < 1.29 is 26.9 Å². The van der Waals surface area contributed by atoms with Gasteiger partial charge >= 0.3 is 0 Å². The van der Waals surface area contributed by atoms with Gasteiger partial charge in [0.2, 0.25) is 0 Å². The Morgan fingerprint density at radius 2 is 0.253 bits per heavy atom. The molecule has 6 heteroatoms. The summed E-state index contributed by atoms with van der Waals surface area (Å²) in [4.78, 5) is 0. The molecule has 6 aliphatic rings. The van der Waals surface area contributed by atoms with E-state index in [4.69, 9.17) is 0 Å². The van der Waals surface area contributed by atoms with Crippen LogP contribution in [0.25, 0.3) is 0 Å². The Morgan fingerprint density at radius 1 is 0.147 bits per heavy atom. The molecule has 0 spiro atoms. The summed E-state index contributed by atoms with van der Waals surface area (Å²) in [6.45, 7) is 49.7. The van der Waals surface area contributed by atoms with Crippen LogP contribution in [0.4, 0.5) is 0 Å². The molecule has 0 unspecified atom stereocenters. The van der Waals surface area contributed by atoms with E-state index < -0.39 is 0 Å². The number of likely N-dealkylation sites (tertiary alicyclic amines) is 6. The van der Waals surface area contributed by atoms with Gasteiger partial charge in [-0.2, -0.15) is 0 Å². The van der Waals surface area contributed by atoms with E-state index in [0.29, 0.717) is 0 Å². The summed E-state index contributed by atoms with van der Waals surface area (Å²) in [7, 11) is 0. The summed E-state index contributed by atoms with van der Waals surface area (Å²) in [5.41, 5.74) is 0. The number of hydrogen-bond acceptors (Lipinski definition) is 0. The van der Waals surface area contributed by atoms with Crippen LogP contribution in [0.1, 0.15) is 292 Å². The number of unbranched alkanes of at least 4 members (excludes halogenated alkanes) is 18. The van der Waals surface area contributed by atoms with Gasteiger partial charge in [-0.05, 0) is 122 Å². The molecule has 0 aliphatic carbocycles. The van der Waals surface area contributed by atoms with Crippen molar-refractivity contribution in [1.29, 1.82) is 0 Å². The molecule has 0 saturated carbocycles. The molecule has 444 valence electrons. The third-order valence-corrected chi connectivity index (χ3v) is 21.8. The molecule has 6 heterocycles. The lowest BCUT2D eigenvalue weighted by molar-refractivity contribution is -0.923. The molecule has 0 N–H and O–H groups in total. The smallest absolute Gasteiger partial charge is 0.0788 e. The zero-order valence-electron chi connectivity index (χ0n) is 53.2. The van der Waals surface area contributed by atoms with Crippen LogP contribution in [0.5, 0.6) is 0 Å². The number of quaternary nitrogens is 6. The Bertz CT molecular complexity index is 1200. The van der Waals surface area contributed by atoms with Crippen LogP contribution in [-0.4, -0.2) is 184 Å². The van der Waals surface area contributed by atoms with Gasteiger partial charge in [0.05, 0.1) is 157 Å². The minimum atomic E-state index is 1.37. The SMILES string of the molecule is CCCCC[N+]1(CCCCCC[N+]2(CCCCC)CCCC2)CCCC1.CCCCC[N+]1(CCCCC[N+]2(CCCCC)CCCC2)CCCC1.CCCCC[N+]1(CCCC[N+]2(CCCCC)CCCC2)CCCC1. The number of nitrogens with zero attached hydrogens (tertiary/aromatic N) is 6. The van der Waals surface area contributed by atoms with Gasteiger partial charge in [-0.1, -0.05) is 80.1 Å². The fourth-order valence-corrected chi connectivity index (χ4v) is 16.8. The third-order valence-electron chi connectivity index (χ3n) is 21.8. The predicted octanol–water partition coefficient (Wildman–Crippen LogP) is 17.3. The Hall–Kier alpha value is -0.240. The van der Waals surface area contributed by atoms with Crippen molar-refractivity contribution in [3.63, 3.8) is 0 Å². The van der Waals surface area contributed by atoms with Crippen LogP contribution in [0.2, 0.25) is 0 Å². The number of hydrogen-bond donors (Lipinski definition) is 0. The Morgan fingerprint density at radius 3 is 0.387 bits per heavy atom. The highest BCUT2D eigenvalue weighted by molar-refractivity contribution is 4.63. The van der Waals surface area contributed by atoms with E-state index in [2.05, 4.69) is 41.5 Å². The van der Waals surface area contributed by atoms with Gasteiger partial charge in [0.15, 0.2) is 0 Å². The standard InChI is InChI=1S/C24H50N2.C23H48N2.C22H46N2/c1-3-5-9-17-25(21-13-14-22-25)19-11-7-8-12-20-26(18-10-6-4-2)23-15-16-24-26;1-3-5-8-16-24(20-12-13-21-24)18-10-7-11-19-25(17-9-6-4-2)22-14-15-23-25;1-3-5-7-15-23(17-9-10-18-23)21-13-14-22-24(16-8-6-4-2)19-11-12-20-24/h3-24H2,1-2H3;3-23H2,1-2H3;3-22H2,1-2H3/q3*+2. The van der Waals surface area contributed by atoms with Crippen molar-refractivity contribution in [3.05, 3.63) is 0 Å². The maximum absolute atomic E-state index is 2.34. The van der Waals surface area contributed by atoms with Crippen molar-refractivity contribution in [2.75, 3.05) is 157 Å². The largest absolute Gasteiger partial charge is 0.324 e. The van der Waals surface area contributed by atoms with E-state index in [-0.39, 0.29) is 0 Å². The summed E-state index contributed by atoms with van der Waals surface area (Å²) in [5, 5.41) is 0. The molecule has 0 aromatic carbocycles. The van der Waals surface area contributed by atoms with Crippen molar-refractivity contribution in [1.82, 2.24) is 0 Å². The average Bonchev–Trinajstić information content (AvgIpc) is 4.30.